The Bertz CT molecular complexity index is 679. The fourth-order valence-corrected chi connectivity index (χ4v) is 4.51. The van der Waals surface area contributed by atoms with Gasteiger partial charge in [0.1, 0.15) is 23.2 Å². The van der Waals surface area contributed by atoms with Crippen LogP contribution in [0.2, 0.25) is 0 Å². The summed E-state index contributed by atoms with van der Waals surface area (Å²) in [5, 5.41) is 0. The normalized spacial score (nSPS) is 26.8. The highest BCUT2D eigenvalue weighted by Crippen LogP contribution is 2.45. The van der Waals surface area contributed by atoms with E-state index in [0.29, 0.717) is 12.8 Å². The van der Waals surface area contributed by atoms with Crippen molar-refractivity contribution in [3.8, 4) is 0 Å². The first-order chi connectivity index (χ1) is 12.4. The van der Waals surface area contributed by atoms with E-state index in [-0.39, 0.29) is 24.0 Å². The molecule has 1 saturated carbocycles. The molecule has 142 valence electrons. The molecule has 0 spiro atoms. The zero-order valence-corrected chi connectivity index (χ0v) is 15.8. The van der Waals surface area contributed by atoms with Gasteiger partial charge < -0.3 is 14.2 Å². The quantitative estimate of drug-likeness (QED) is 0.702. The van der Waals surface area contributed by atoms with Crippen molar-refractivity contribution in [2.75, 3.05) is 0 Å². The first kappa shape index (κ1) is 17.6. The number of hydrogen-bond acceptors (Lipinski definition) is 5. The number of carbonyl (C=O) groups is 2. The molecule has 0 amide bonds. The highest BCUT2D eigenvalue weighted by Gasteiger charge is 2.43. The van der Waals surface area contributed by atoms with Crippen molar-refractivity contribution in [2.45, 2.75) is 89.8 Å². The minimum Gasteiger partial charge on any atom is -0.490 e. The third kappa shape index (κ3) is 3.40. The van der Waals surface area contributed by atoms with Crippen LogP contribution in [0, 0.1) is 5.92 Å². The summed E-state index contributed by atoms with van der Waals surface area (Å²) in [6.45, 7) is 3.90. The summed E-state index contributed by atoms with van der Waals surface area (Å²) in [5.41, 5.74) is 1.83. The molecule has 0 saturated heterocycles. The predicted octanol–water partition coefficient (Wildman–Crippen LogP) is 4.32. The van der Waals surface area contributed by atoms with Gasteiger partial charge >= 0.3 is 11.9 Å². The molecular formula is C21H28O5. The van der Waals surface area contributed by atoms with Crippen molar-refractivity contribution >= 4 is 11.9 Å². The molecule has 1 atom stereocenters. The van der Waals surface area contributed by atoms with E-state index in [4.69, 9.17) is 14.2 Å². The van der Waals surface area contributed by atoms with Gasteiger partial charge in [-0.2, -0.15) is 0 Å². The van der Waals surface area contributed by atoms with Crippen LogP contribution in [0.3, 0.4) is 0 Å². The topological polar surface area (TPSA) is 61.8 Å². The zero-order chi connectivity index (χ0) is 18.3. The summed E-state index contributed by atoms with van der Waals surface area (Å²) in [6.07, 6.45) is 8.58. The molecule has 2 heterocycles. The Morgan fingerprint density at radius 1 is 1.04 bits per heavy atom. The summed E-state index contributed by atoms with van der Waals surface area (Å²) in [6, 6.07) is 0. The van der Waals surface area contributed by atoms with E-state index in [0.717, 1.165) is 56.5 Å². The number of rotatable bonds is 3. The number of allylic oxidation sites excluding steroid dienone is 1. The third-order valence-corrected chi connectivity index (χ3v) is 6.20. The van der Waals surface area contributed by atoms with E-state index >= 15 is 0 Å². The standard InChI is InChI=1S/C21H28O5/c1-21(2,26-20(23)13-6-4-3-5-7-13)18-11-15-10-14-8-9-19(22)25-16(14)12-17(15)24-18/h13,18H,3-12H2,1-2H3/t18-/m0/s1. The lowest BCUT2D eigenvalue weighted by atomic mass is 9.87. The van der Waals surface area contributed by atoms with Gasteiger partial charge in [-0.15, -0.1) is 0 Å². The van der Waals surface area contributed by atoms with Gasteiger partial charge in [-0.05, 0) is 50.7 Å². The Morgan fingerprint density at radius 3 is 2.58 bits per heavy atom. The number of esters is 2. The van der Waals surface area contributed by atoms with Gasteiger partial charge in [0, 0.05) is 12.8 Å². The predicted molar refractivity (Wildman–Crippen MR) is 94.8 cm³/mol. The van der Waals surface area contributed by atoms with Crippen molar-refractivity contribution in [3.05, 3.63) is 22.7 Å². The Morgan fingerprint density at radius 2 is 1.81 bits per heavy atom. The third-order valence-electron chi connectivity index (χ3n) is 6.20. The molecule has 0 aromatic carbocycles. The molecule has 2 aliphatic heterocycles. The second-order valence-corrected chi connectivity index (χ2v) is 8.55. The smallest absolute Gasteiger partial charge is 0.311 e. The first-order valence-electron chi connectivity index (χ1n) is 9.94. The molecule has 0 aromatic heterocycles. The number of hydrogen-bond donors (Lipinski definition) is 0. The van der Waals surface area contributed by atoms with E-state index in [1.54, 1.807) is 0 Å². The molecular weight excluding hydrogens is 332 g/mol. The van der Waals surface area contributed by atoms with E-state index < -0.39 is 5.60 Å². The molecule has 5 nitrogen and oxygen atoms in total. The van der Waals surface area contributed by atoms with Gasteiger partial charge in [0.15, 0.2) is 0 Å². The maximum Gasteiger partial charge on any atom is 0.311 e. The molecule has 1 fully saturated rings. The summed E-state index contributed by atoms with van der Waals surface area (Å²) in [7, 11) is 0. The average molecular weight is 360 g/mol. The molecule has 0 aromatic rings. The lowest BCUT2D eigenvalue weighted by Gasteiger charge is -2.33. The van der Waals surface area contributed by atoms with E-state index in [1.807, 2.05) is 13.8 Å². The molecule has 4 rings (SSSR count). The van der Waals surface area contributed by atoms with Crippen molar-refractivity contribution in [1.82, 2.24) is 0 Å². The van der Waals surface area contributed by atoms with Crippen molar-refractivity contribution in [3.63, 3.8) is 0 Å². The average Bonchev–Trinajstić information content (AvgIpc) is 3.04. The van der Waals surface area contributed by atoms with Crippen LogP contribution in [0.4, 0.5) is 0 Å². The zero-order valence-electron chi connectivity index (χ0n) is 15.8. The van der Waals surface area contributed by atoms with Gasteiger partial charge in [0.2, 0.25) is 0 Å². The molecule has 0 N–H and O–H groups in total. The maximum atomic E-state index is 12.6. The fourth-order valence-electron chi connectivity index (χ4n) is 4.51. The summed E-state index contributed by atoms with van der Waals surface area (Å²) >= 11 is 0. The Balaban J connectivity index is 1.38. The first-order valence-corrected chi connectivity index (χ1v) is 9.94. The minimum absolute atomic E-state index is 0.0420. The van der Waals surface area contributed by atoms with Gasteiger partial charge in [0.25, 0.3) is 0 Å². The Kier molecular flexibility index (Phi) is 4.57. The Labute approximate surface area is 154 Å². The van der Waals surface area contributed by atoms with Crippen LogP contribution in [0.25, 0.3) is 0 Å². The van der Waals surface area contributed by atoms with Crippen LogP contribution < -0.4 is 0 Å². The van der Waals surface area contributed by atoms with Gasteiger partial charge in [-0.3, -0.25) is 9.59 Å². The summed E-state index contributed by atoms with van der Waals surface area (Å²) < 4.78 is 17.5. The van der Waals surface area contributed by atoms with Crippen molar-refractivity contribution < 1.29 is 23.8 Å². The highest BCUT2D eigenvalue weighted by atomic mass is 16.6. The van der Waals surface area contributed by atoms with E-state index in [9.17, 15) is 9.59 Å². The largest absolute Gasteiger partial charge is 0.490 e. The Hall–Kier alpha value is -1.78. The summed E-state index contributed by atoms with van der Waals surface area (Å²) in [5.74, 6) is 1.50. The van der Waals surface area contributed by atoms with Gasteiger partial charge in [0.05, 0.1) is 12.3 Å². The van der Waals surface area contributed by atoms with Crippen LogP contribution >= 0.6 is 0 Å². The SMILES string of the molecule is CC(C)(OC(=O)C1CCCCC1)[C@@H]1CC2=C(CC3=C(CCC(=O)O3)C2)O1. The highest BCUT2D eigenvalue weighted by molar-refractivity contribution is 5.73. The molecule has 2 aliphatic carbocycles. The van der Waals surface area contributed by atoms with Gasteiger partial charge in [-0.1, -0.05) is 19.3 Å². The van der Waals surface area contributed by atoms with Crippen LogP contribution in [0.15, 0.2) is 22.7 Å². The molecule has 0 unspecified atom stereocenters. The van der Waals surface area contributed by atoms with Crippen LogP contribution in [0.1, 0.15) is 78.1 Å². The molecule has 4 aliphatic rings. The molecule has 26 heavy (non-hydrogen) atoms. The molecule has 5 heteroatoms. The number of ether oxygens (including phenoxy) is 3. The van der Waals surface area contributed by atoms with Crippen molar-refractivity contribution in [1.29, 1.82) is 0 Å². The second-order valence-electron chi connectivity index (χ2n) is 8.55. The van der Waals surface area contributed by atoms with Crippen LogP contribution in [-0.2, 0) is 23.8 Å². The lowest BCUT2D eigenvalue weighted by molar-refractivity contribution is -0.173. The minimum atomic E-state index is -0.664. The molecule has 0 radical (unpaired) electrons. The fraction of sp³-hybridized carbons (Fsp3) is 0.714. The van der Waals surface area contributed by atoms with E-state index in [1.165, 1.54) is 17.6 Å². The van der Waals surface area contributed by atoms with Crippen molar-refractivity contribution in [2.24, 2.45) is 5.92 Å². The summed E-state index contributed by atoms with van der Waals surface area (Å²) in [4.78, 5) is 24.1. The van der Waals surface area contributed by atoms with E-state index in [2.05, 4.69) is 0 Å². The maximum absolute atomic E-state index is 12.6. The molecule has 0 bridgehead atoms. The van der Waals surface area contributed by atoms with Crippen LogP contribution in [0.5, 0.6) is 0 Å². The van der Waals surface area contributed by atoms with Gasteiger partial charge in [-0.25, -0.2) is 0 Å². The second kappa shape index (κ2) is 6.75. The lowest BCUT2D eigenvalue weighted by Crippen LogP contribution is -2.42. The number of carbonyl (C=O) groups excluding carboxylic acids is 2. The monoisotopic (exact) mass is 360 g/mol. The van der Waals surface area contributed by atoms with Crippen LogP contribution in [-0.4, -0.2) is 23.6 Å².